The Morgan fingerprint density at radius 2 is 2.06 bits per heavy atom. The SMILES string of the molecule is C=CC(=O)OC(CC(C)O)=C(C)C(=O)OCCO. The van der Waals surface area contributed by atoms with Crippen LogP contribution in [0.1, 0.15) is 20.3 Å². The number of aliphatic hydroxyl groups excluding tert-OH is 2. The second kappa shape index (κ2) is 8.43. The molecular formula is C12H18O6. The van der Waals surface area contributed by atoms with Crippen LogP contribution in [0.3, 0.4) is 0 Å². The highest BCUT2D eigenvalue weighted by atomic mass is 16.6. The fourth-order valence-corrected chi connectivity index (χ4v) is 1.06. The van der Waals surface area contributed by atoms with Gasteiger partial charge in [0, 0.05) is 12.5 Å². The molecule has 0 heterocycles. The van der Waals surface area contributed by atoms with Gasteiger partial charge in [-0.15, -0.1) is 0 Å². The molecule has 102 valence electrons. The van der Waals surface area contributed by atoms with E-state index in [0.29, 0.717) is 0 Å². The molecule has 0 radical (unpaired) electrons. The average Bonchev–Trinajstić information content (AvgIpc) is 2.33. The van der Waals surface area contributed by atoms with Gasteiger partial charge in [0.25, 0.3) is 0 Å². The van der Waals surface area contributed by atoms with Crippen LogP contribution in [-0.4, -0.2) is 41.5 Å². The summed E-state index contributed by atoms with van der Waals surface area (Å²) in [7, 11) is 0. The van der Waals surface area contributed by atoms with Crippen LogP contribution in [0.5, 0.6) is 0 Å². The van der Waals surface area contributed by atoms with Crippen LogP contribution in [-0.2, 0) is 19.1 Å². The molecule has 0 spiro atoms. The zero-order valence-corrected chi connectivity index (χ0v) is 10.5. The smallest absolute Gasteiger partial charge is 0.337 e. The Balaban J connectivity index is 4.92. The van der Waals surface area contributed by atoms with Crippen LogP contribution in [0.25, 0.3) is 0 Å². The van der Waals surface area contributed by atoms with Gasteiger partial charge in [-0.2, -0.15) is 0 Å². The maximum atomic E-state index is 11.5. The van der Waals surface area contributed by atoms with E-state index in [9.17, 15) is 14.7 Å². The van der Waals surface area contributed by atoms with Crippen molar-refractivity contribution in [1.82, 2.24) is 0 Å². The number of hydrogen-bond acceptors (Lipinski definition) is 6. The number of ether oxygens (including phenoxy) is 2. The van der Waals surface area contributed by atoms with Gasteiger partial charge in [0.2, 0.25) is 0 Å². The van der Waals surface area contributed by atoms with Gasteiger partial charge in [-0.1, -0.05) is 6.58 Å². The molecule has 0 aliphatic heterocycles. The lowest BCUT2D eigenvalue weighted by atomic mass is 10.1. The second-order valence-corrected chi connectivity index (χ2v) is 3.59. The van der Waals surface area contributed by atoms with Gasteiger partial charge >= 0.3 is 11.9 Å². The Kier molecular flexibility index (Phi) is 7.66. The Morgan fingerprint density at radius 3 is 2.50 bits per heavy atom. The van der Waals surface area contributed by atoms with E-state index in [4.69, 9.17) is 9.84 Å². The zero-order valence-electron chi connectivity index (χ0n) is 10.5. The lowest BCUT2D eigenvalue weighted by Crippen LogP contribution is -2.16. The number of esters is 2. The Bertz CT molecular complexity index is 342. The molecule has 0 saturated heterocycles. The Hall–Kier alpha value is -1.66. The molecule has 6 nitrogen and oxygen atoms in total. The van der Waals surface area contributed by atoms with Crippen molar-refractivity contribution in [1.29, 1.82) is 0 Å². The molecule has 0 aliphatic carbocycles. The molecule has 0 aromatic heterocycles. The Labute approximate surface area is 106 Å². The minimum absolute atomic E-state index is 0.000359. The number of aliphatic hydroxyl groups is 2. The Morgan fingerprint density at radius 1 is 1.44 bits per heavy atom. The first-order valence-electron chi connectivity index (χ1n) is 5.42. The number of carbonyl (C=O) groups excluding carboxylic acids is 2. The molecule has 0 aromatic rings. The summed E-state index contributed by atoms with van der Waals surface area (Å²) in [5.74, 6) is -1.41. The first-order chi connectivity index (χ1) is 8.42. The fraction of sp³-hybridized carbons (Fsp3) is 0.500. The lowest BCUT2D eigenvalue weighted by molar-refractivity contribution is -0.140. The molecule has 0 amide bonds. The molecule has 2 N–H and O–H groups in total. The summed E-state index contributed by atoms with van der Waals surface area (Å²) in [5, 5.41) is 17.8. The summed E-state index contributed by atoms with van der Waals surface area (Å²) < 4.78 is 9.56. The first kappa shape index (κ1) is 16.3. The van der Waals surface area contributed by atoms with E-state index in [1.54, 1.807) is 0 Å². The van der Waals surface area contributed by atoms with Gasteiger partial charge in [0.05, 0.1) is 18.3 Å². The van der Waals surface area contributed by atoms with Crippen LogP contribution < -0.4 is 0 Å². The summed E-state index contributed by atoms with van der Waals surface area (Å²) in [6.45, 7) is 5.70. The van der Waals surface area contributed by atoms with Gasteiger partial charge in [0.15, 0.2) is 0 Å². The van der Waals surface area contributed by atoms with Crippen molar-refractivity contribution in [3.63, 3.8) is 0 Å². The van der Waals surface area contributed by atoms with Gasteiger partial charge in [-0.3, -0.25) is 0 Å². The van der Waals surface area contributed by atoms with E-state index in [1.165, 1.54) is 13.8 Å². The van der Waals surface area contributed by atoms with Gasteiger partial charge in [-0.25, -0.2) is 9.59 Å². The average molecular weight is 258 g/mol. The molecule has 0 bridgehead atoms. The van der Waals surface area contributed by atoms with E-state index in [2.05, 4.69) is 11.3 Å². The molecule has 0 rings (SSSR count). The van der Waals surface area contributed by atoms with Gasteiger partial charge in [-0.05, 0) is 13.8 Å². The summed E-state index contributed by atoms with van der Waals surface area (Å²) in [4.78, 5) is 22.6. The van der Waals surface area contributed by atoms with Crippen LogP contribution in [0, 0.1) is 0 Å². The number of hydrogen-bond donors (Lipinski definition) is 2. The molecule has 6 heteroatoms. The van der Waals surface area contributed by atoms with Crippen LogP contribution >= 0.6 is 0 Å². The summed E-state index contributed by atoms with van der Waals surface area (Å²) in [6.07, 6.45) is 0.173. The highest BCUT2D eigenvalue weighted by Crippen LogP contribution is 2.15. The maximum absolute atomic E-state index is 11.5. The van der Waals surface area contributed by atoms with Crippen molar-refractivity contribution in [2.45, 2.75) is 26.4 Å². The van der Waals surface area contributed by atoms with Crippen molar-refractivity contribution in [3.8, 4) is 0 Å². The van der Waals surface area contributed by atoms with E-state index in [1.807, 2.05) is 0 Å². The predicted octanol–water partition coefficient (Wildman–Crippen LogP) is 0.296. The van der Waals surface area contributed by atoms with E-state index in [-0.39, 0.29) is 31.0 Å². The van der Waals surface area contributed by atoms with Crippen molar-refractivity contribution in [2.24, 2.45) is 0 Å². The minimum atomic E-state index is -0.779. The van der Waals surface area contributed by atoms with Crippen molar-refractivity contribution in [2.75, 3.05) is 13.2 Å². The van der Waals surface area contributed by atoms with Crippen molar-refractivity contribution < 1.29 is 29.3 Å². The van der Waals surface area contributed by atoms with Gasteiger partial charge in [0.1, 0.15) is 12.4 Å². The molecule has 18 heavy (non-hydrogen) atoms. The first-order valence-corrected chi connectivity index (χ1v) is 5.42. The maximum Gasteiger partial charge on any atom is 0.337 e. The largest absolute Gasteiger partial charge is 0.460 e. The molecular weight excluding hydrogens is 240 g/mol. The number of rotatable bonds is 7. The normalized spacial score (nSPS) is 13.3. The van der Waals surface area contributed by atoms with Crippen LogP contribution in [0.4, 0.5) is 0 Å². The standard InChI is InChI=1S/C12H18O6/c1-4-11(15)18-10(7-8(2)14)9(3)12(16)17-6-5-13/h4,8,13-14H,1,5-7H2,2-3H3. The highest BCUT2D eigenvalue weighted by molar-refractivity contribution is 5.89. The second-order valence-electron chi connectivity index (χ2n) is 3.59. The third-order valence-corrected chi connectivity index (χ3v) is 1.92. The molecule has 0 aliphatic rings. The highest BCUT2D eigenvalue weighted by Gasteiger charge is 2.17. The predicted molar refractivity (Wildman–Crippen MR) is 63.3 cm³/mol. The summed E-state index contributed by atoms with van der Waals surface area (Å²) in [6, 6.07) is 0. The van der Waals surface area contributed by atoms with Crippen molar-refractivity contribution >= 4 is 11.9 Å². The van der Waals surface area contributed by atoms with E-state index >= 15 is 0 Å². The van der Waals surface area contributed by atoms with Crippen molar-refractivity contribution in [3.05, 3.63) is 24.0 Å². The summed E-state index contributed by atoms with van der Waals surface area (Å²) in [5.41, 5.74) is 0.0690. The number of carbonyl (C=O) groups is 2. The van der Waals surface area contributed by atoms with Crippen LogP contribution in [0.2, 0.25) is 0 Å². The van der Waals surface area contributed by atoms with Crippen LogP contribution in [0.15, 0.2) is 24.0 Å². The molecule has 1 unspecified atom stereocenters. The molecule has 0 saturated carbocycles. The topological polar surface area (TPSA) is 93.1 Å². The molecule has 0 fully saturated rings. The van der Waals surface area contributed by atoms with E-state index in [0.717, 1.165) is 6.08 Å². The molecule has 1 atom stereocenters. The third-order valence-electron chi connectivity index (χ3n) is 1.92. The van der Waals surface area contributed by atoms with Gasteiger partial charge < -0.3 is 19.7 Å². The lowest BCUT2D eigenvalue weighted by Gasteiger charge is -2.12. The minimum Gasteiger partial charge on any atom is -0.460 e. The zero-order chi connectivity index (χ0) is 14.1. The fourth-order valence-electron chi connectivity index (χ4n) is 1.06. The monoisotopic (exact) mass is 258 g/mol. The molecule has 0 aromatic carbocycles. The summed E-state index contributed by atoms with van der Waals surface area (Å²) >= 11 is 0. The quantitative estimate of drug-likeness (QED) is 0.387. The van der Waals surface area contributed by atoms with E-state index < -0.39 is 18.0 Å². The third kappa shape index (κ3) is 6.17.